The number of benzene rings is 20. The summed E-state index contributed by atoms with van der Waals surface area (Å²) in [6.07, 6.45) is 0. The van der Waals surface area contributed by atoms with Gasteiger partial charge in [-0.15, -0.1) is 0 Å². The fourth-order valence-corrected chi connectivity index (χ4v) is 21.4. The van der Waals surface area contributed by atoms with Crippen LogP contribution in [0.4, 0.5) is 0 Å². The maximum atomic E-state index is 5.26. The second kappa shape index (κ2) is 36.2. The maximum Gasteiger partial charge on any atom is 0.164 e. The average Bonchev–Trinajstić information content (AvgIpc) is 1.53. The largest absolute Gasteiger partial charge is 0.308 e. The highest BCUT2D eigenvalue weighted by molar-refractivity contribution is 6.23. The van der Waals surface area contributed by atoms with E-state index in [1.165, 1.54) is 110 Å². The van der Waals surface area contributed by atoms with Gasteiger partial charge in [-0.1, -0.05) is 485 Å². The Balaban J connectivity index is 0.000000112. The maximum absolute atomic E-state index is 5.26. The van der Waals surface area contributed by atoms with Crippen LogP contribution in [0, 0.1) is 0 Å². The molecule has 0 saturated heterocycles. The third-order valence-corrected chi connectivity index (χ3v) is 27.8. The summed E-state index contributed by atoms with van der Waals surface area (Å²) in [7, 11) is 0. The number of para-hydroxylation sites is 2. The molecule has 0 amide bonds. The van der Waals surface area contributed by atoms with Crippen molar-refractivity contribution in [3.05, 3.63) is 572 Å². The topological polar surface area (TPSA) is 108 Å². The zero-order chi connectivity index (χ0) is 93.6. The minimum absolute atomic E-state index is 0.507. The molecule has 25 aromatic rings. The van der Waals surface area contributed by atoms with E-state index in [1.807, 2.05) is 60.7 Å². The van der Waals surface area contributed by atoms with Crippen molar-refractivity contribution >= 4 is 38.1 Å². The van der Waals surface area contributed by atoms with E-state index in [9.17, 15) is 0 Å². The molecule has 0 saturated carbocycles. The molecular weight excluding hydrogens is 1710 g/mol. The normalized spacial score (nSPS) is 12.4. The van der Waals surface area contributed by atoms with Crippen LogP contribution in [0.5, 0.6) is 0 Å². The first-order chi connectivity index (χ1) is 69.9. The van der Waals surface area contributed by atoms with Crippen LogP contribution in [-0.4, -0.2) is 44.3 Å². The summed E-state index contributed by atoms with van der Waals surface area (Å²) in [5.41, 5.74) is 34.9. The molecule has 5 heterocycles. The van der Waals surface area contributed by atoms with Gasteiger partial charge in [-0.25, -0.2) is 39.9 Å². The Kier molecular flexibility index (Phi) is 21.6. The molecule has 0 spiro atoms. The molecule has 141 heavy (non-hydrogen) atoms. The van der Waals surface area contributed by atoms with Crippen LogP contribution in [0.3, 0.4) is 0 Å². The summed E-state index contributed by atoms with van der Waals surface area (Å²) in [6.45, 7) is 0. The minimum atomic E-state index is -0.507. The van der Waals surface area contributed by atoms with Gasteiger partial charge in [0.1, 0.15) is 0 Å². The van der Waals surface area contributed by atoms with E-state index in [1.54, 1.807) is 0 Å². The fourth-order valence-electron chi connectivity index (χ4n) is 21.4. The van der Waals surface area contributed by atoms with Gasteiger partial charge < -0.3 is 4.40 Å². The first kappa shape index (κ1) is 84.1. The van der Waals surface area contributed by atoms with Crippen molar-refractivity contribution < 1.29 is 0 Å². The Morgan fingerprint density at radius 1 is 0.149 bits per heavy atom. The van der Waals surface area contributed by atoms with Crippen molar-refractivity contribution in [2.75, 3.05) is 0 Å². The van der Waals surface area contributed by atoms with Gasteiger partial charge in [0.2, 0.25) is 0 Å². The van der Waals surface area contributed by atoms with Gasteiger partial charge in [0.25, 0.3) is 0 Å². The molecule has 9 heteroatoms. The fraction of sp³-hybridized carbons (Fsp3) is 0.0152. The van der Waals surface area contributed by atoms with Gasteiger partial charge in [-0.05, 0) is 143 Å². The van der Waals surface area contributed by atoms with E-state index in [4.69, 9.17) is 39.9 Å². The number of rotatable bonds is 16. The van der Waals surface area contributed by atoms with Crippen LogP contribution in [0.15, 0.2) is 528 Å². The van der Waals surface area contributed by atoms with Crippen molar-refractivity contribution in [2.24, 2.45) is 0 Å². The highest BCUT2D eigenvalue weighted by atomic mass is 15.0. The molecule has 0 aliphatic heterocycles. The minimum Gasteiger partial charge on any atom is -0.308 e. The first-order valence-electron chi connectivity index (χ1n) is 47.8. The van der Waals surface area contributed by atoms with Crippen molar-refractivity contribution in [1.29, 1.82) is 0 Å². The smallest absolute Gasteiger partial charge is 0.164 e. The summed E-state index contributed by atoms with van der Waals surface area (Å²) in [6, 6.07) is 186. The average molecular weight is 1800 g/mol. The lowest BCUT2D eigenvalue weighted by Crippen LogP contribution is -2.28. The van der Waals surface area contributed by atoms with E-state index in [0.29, 0.717) is 40.8 Å². The lowest BCUT2D eigenvalue weighted by atomic mass is 9.67. The molecule has 5 aromatic heterocycles. The zero-order valence-corrected chi connectivity index (χ0v) is 76.8. The first-order valence-corrected chi connectivity index (χ1v) is 47.8. The molecule has 9 nitrogen and oxygen atoms in total. The Hall–Kier alpha value is -18.7. The molecule has 2 aliphatic rings. The molecule has 0 unspecified atom stereocenters. The van der Waals surface area contributed by atoms with Gasteiger partial charge in [0, 0.05) is 71.6 Å². The second-order valence-corrected chi connectivity index (χ2v) is 35.8. The highest BCUT2D eigenvalue weighted by Gasteiger charge is 2.49. The molecular formula is C132H87N9. The Labute approximate surface area is 817 Å². The lowest BCUT2D eigenvalue weighted by molar-refractivity contribution is 0.768. The molecule has 2 aliphatic carbocycles. The molecule has 0 bridgehead atoms. The van der Waals surface area contributed by atoms with E-state index in [0.717, 1.165) is 89.3 Å². The van der Waals surface area contributed by atoms with Gasteiger partial charge in [0.15, 0.2) is 40.8 Å². The number of nitrogens with zero attached hydrogens (tertiary/aromatic N) is 9. The second-order valence-electron chi connectivity index (χ2n) is 35.8. The Morgan fingerprint density at radius 2 is 0.447 bits per heavy atom. The van der Waals surface area contributed by atoms with Crippen LogP contribution in [0.1, 0.15) is 44.5 Å². The predicted molar refractivity (Wildman–Crippen MR) is 576 cm³/mol. The van der Waals surface area contributed by atoms with E-state index < -0.39 is 10.8 Å². The van der Waals surface area contributed by atoms with Crippen molar-refractivity contribution in [3.8, 4) is 158 Å². The van der Waals surface area contributed by atoms with Crippen molar-refractivity contribution in [1.82, 2.24) is 44.3 Å². The van der Waals surface area contributed by atoms with Crippen molar-refractivity contribution in [3.63, 3.8) is 0 Å². The van der Waals surface area contributed by atoms with E-state index in [-0.39, 0.29) is 0 Å². The lowest BCUT2D eigenvalue weighted by Gasteiger charge is -2.34. The molecule has 27 rings (SSSR count). The molecule has 660 valence electrons. The summed E-state index contributed by atoms with van der Waals surface area (Å²) in [4.78, 5) is 41.2. The quantitative estimate of drug-likeness (QED) is 0.0941. The van der Waals surface area contributed by atoms with Gasteiger partial charge in [0.05, 0.1) is 38.8 Å². The zero-order valence-electron chi connectivity index (χ0n) is 76.8. The van der Waals surface area contributed by atoms with Gasteiger partial charge >= 0.3 is 0 Å². The number of hydrogen-bond donors (Lipinski definition) is 0. The third-order valence-electron chi connectivity index (χ3n) is 27.8. The number of aromatic nitrogens is 9. The van der Waals surface area contributed by atoms with Crippen LogP contribution in [0.2, 0.25) is 0 Å². The highest BCUT2D eigenvalue weighted by Crippen LogP contribution is 2.60. The van der Waals surface area contributed by atoms with Gasteiger partial charge in [-0.3, -0.25) is 0 Å². The van der Waals surface area contributed by atoms with Crippen LogP contribution >= 0.6 is 0 Å². The predicted octanol–water partition coefficient (Wildman–Crippen LogP) is 32.1. The molecule has 0 radical (unpaired) electrons. The monoisotopic (exact) mass is 1800 g/mol. The summed E-state index contributed by atoms with van der Waals surface area (Å²) >= 11 is 0. The van der Waals surface area contributed by atoms with Crippen molar-refractivity contribution in [2.45, 2.75) is 10.8 Å². The molecule has 20 aromatic carbocycles. The van der Waals surface area contributed by atoms with Crippen LogP contribution in [0.25, 0.3) is 196 Å². The molecule has 0 N–H and O–H groups in total. The SMILES string of the molecule is c1ccc(-c2cccc(-c3cc(-c4ccccc4)nc(-c4ccc5c6cccc7c8ccccc8n(c5c4)c76)n3)c2)cc1.c1ccc(-c2cccc(-c3nc(-c4ccccc4)nc(-c4ccc5c(c4)C(c4ccccc4)(c4ccccc4)c4ccccc4-5)n3)c2)cc1.c1ccc(-c2cccc(-c3nc(-c4ccccc4)nc(-c4cccc5c4-c4ccccc4C5(c4ccccc4)c4ccccc4)n3)c2)cc1. The van der Waals surface area contributed by atoms with Crippen LogP contribution < -0.4 is 0 Å². The summed E-state index contributed by atoms with van der Waals surface area (Å²) in [5, 5.41) is 5.07. The van der Waals surface area contributed by atoms with E-state index >= 15 is 0 Å². The molecule has 0 atom stereocenters. The summed E-state index contributed by atoms with van der Waals surface area (Å²) < 4.78 is 2.41. The van der Waals surface area contributed by atoms with Gasteiger partial charge in [-0.2, -0.15) is 0 Å². The summed E-state index contributed by atoms with van der Waals surface area (Å²) in [5.74, 6) is 4.58. The standard InChI is InChI=1S/2C46H31N3.C40H25N3/c1-5-17-32(18-6-1)34-21-15-22-35(31-34)44-47-43(33-19-7-2-8-20-33)48-45(49-44)39-28-16-30-41-42(39)38-27-13-14-29-40(38)46(41,36-23-9-3-10-24-36)37-25-11-4-12-26-37;1-5-16-32(17-6-1)34-20-15-21-35(30-34)44-47-43(33-18-7-2-8-19-33)48-45(49-44)36-28-29-40-39-26-13-14-27-41(39)46(42(40)31-36,37-22-9-3-10-23-37)38-24-11-4-12-25-38;1-3-11-26(12-4-1)28-15-9-16-29(23-28)36-25-35(27-13-5-2-6-14-27)41-40(42-36)30-21-22-32-34-19-10-18-33-31-17-7-8-20-37(31)43(39(33)34)38(32)24-30/h2*1-31H;1-25H. The third kappa shape index (κ3) is 15.1. The van der Waals surface area contributed by atoms with Crippen LogP contribution in [-0.2, 0) is 10.8 Å². The number of hydrogen-bond acceptors (Lipinski definition) is 8. The Morgan fingerprint density at radius 3 is 0.943 bits per heavy atom. The Bertz CT molecular complexity index is 8780. The molecule has 0 fully saturated rings. The number of fused-ring (bicyclic) bond motifs is 12. The van der Waals surface area contributed by atoms with E-state index in [2.05, 4.69) is 472 Å².